The summed E-state index contributed by atoms with van der Waals surface area (Å²) in [6, 6.07) is 5.98. The lowest BCUT2D eigenvalue weighted by atomic mass is 9.99. The van der Waals surface area contributed by atoms with Crippen molar-refractivity contribution >= 4 is 17.7 Å². The van der Waals surface area contributed by atoms with Gasteiger partial charge in [0, 0.05) is 30.5 Å². The monoisotopic (exact) mass is 416 g/mol. The SMILES string of the molecule is COCCN(C(=O)c1cccc(OC)c1)[C@H](C)C(=O)c1c(C)[nH]c(C(=O)OC)c1C. The number of hydrogen-bond acceptors (Lipinski definition) is 6. The van der Waals surface area contributed by atoms with Gasteiger partial charge in [-0.05, 0) is 44.5 Å². The minimum absolute atomic E-state index is 0.228. The second kappa shape index (κ2) is 10.1. The number of aromatic amines is 1. The highest BCUT2D eigenvalue weighted by molar-refractivity contribution is 6.07. The lowest BCUT2D eigenvalue weighted by molar-refractivity contribution is 0.0562. The maximum absolute atomic E-state index is 13.3. The van der Waals surface area contributed by atoms with Crippen LogP contribution in [0, 0.1) is 13.8 Å². The minimum atomic E-state index is -0.780. The topological polar surface area (TPSA) is 97.9 Å². The third-order valence-electron chi connectivity index (χ3n) is 5.03. The highest BCUT2D eigenvalue weighted by Gasteiger charge is 2.31. The number of esters is 1. The zero-order chi connectivity index (χ0) is 22.4. The van der Waals surface area contributed by atoms with Crippen molar-refractivity contribution in [3.05, 3.63) is 52.3 Å². The second-order valence-electron chi connectivity index (χ2n) is 6.88. The van der Waals surface area contributed by atoms with Crippen LogP contribution in [-0.2, 0) is 9.47 Å². The van der Waals surface area contributed by atoms with Crippen molar-refractivity contribution in [2.45, 2.75) is 26.8 Å². The number of benzene rings is 1. The van der Waals surface area contributed by atoms with Crippen LogP contribution in [0.1, 0.15) is 49.4 Å². The molecule has 0 aliphatic rings. The Labute approximate surface area is 176 Å². The maximum atomic E-state index is 13.3. The Morgan fingerprint density at radius 2 is 1.83 bits per heavy atom. The molecule has 0 fully saturated rings. The van der Waals surface area contributed by atoms with Crippen molar-refractivity contribution in [3.8, 4) is 5.75 Å². The second-order valence-corrected chi connectivity index (χ2v) is 6.88. The van der Waals surface area contributed by atoms with Gasteiger partial charge in [0.05, 0.1) is 26.9 Å². The molecule has 1 atom stereocenters. The zero-order valence-electron chi connectivity index (χ0n) is 18.2. The number of ketones is 1. The van der Waals surface area contributed by atoms with Crippen molar-refractivity contribution < 1.29 is 28.6 Å². The summed E-state index contributed by atoms with van der Waals surface area (Å²) in [6.07, 6.45) is 0. The van der Waals surface area contributed by atoms with Crippen LogP contribution >= 0.6 is 0 Å². The highest BCUT2D eigenvalue weighted by Crippen LogP contribution is 2.23. The van der Waals surface area contributed by atoms with Crippen LogP contribution < -0.4 is 4.74 Å². The highest BCUT2D eigenvalue weighted by atomic mass is 16.5. The summed E-state index contributed by atoms with van der Waals surface area (Å²) >= 11 is 0. The average molecular weight is 416 g/mol. The van der Waals surface area contributed by atoms with Crippen LogP contribution in [0.15, 0.2) is 24.3 Å². The summed E-state index contributed by atoms with van der Waals surface area (Å²) in [6.45, 7) is 5.55. The molecule has 0 aliphatic carbocycles. The van der Waals surface area contributed by atoms with Crippen molar-refractivity contribution in [1.82, 2.24) is 9.88 Å². The Hall–Kier alpha value is -3.13. The molecule has 30 heavy (non-hydrogen) atoms. The first-order valence-electron chi connectivity index (χ1n) is 9.52. The number of methoxy groups -OCH3 is 3. The zero-order valence-corrected chi connectivity index (χ0v) is 18.2. The summed E-state index contributed by atoms with van der Waals surface area (Å²) in [5.41, 5.74) is 2.06. The normalized spacial score (nSPS) is 11.7. The van der Waals surface area contributed by atoms with Crippen LogP contribution in [0.4, 0.5) is 0 Å². The maximum Gasteiger partial charge on any atom is 0.354 e. The number of aromatic nitrogens is 1. The van der Waals surface area contributed by atoms with E-state index in [-0.39, 0.29) is 30.5 Å². The molecule has 0 aliphatic heterocycles. The molecule has 8 heteroatoms. The molecular formula is C22H28N2O6. The molecule has 0 radical (unpaired) electrons. The first-order valence-corrected chi connectivity index (χ1v) is 9.52. The van der Waals surface area contributed by atoms with E-state index in [9.17, 15) is 14.4 Å². The molecule has 1 heterocycles. The fourth-order valence-electron chi connectivity index (χ4n) is 3.36. The van der Waals surface area contributed by atoms with Crippen molar-refractivity contribution in [3.63, 3.8) is 0 Å². The number of carbonyl (C=O) groups excluding carboxylic acids is 3. The smallest absolute Gasteiger partial charge is 0.354 e. The first kappa shape index (κ1) is 23.2. The average Bonchev–Trinajstić information content (AvgIpc) is 3.06. The number of carbonyl (C=O) groups is 3. The van der Waals surface area contributed by atoms with Gasteiger partial charge in [-0.3, -0.25) is 9.59 Å². The molecule has 1 aromatic heterocycles. The van der Waals surface area contributed by atoms with E-state index in [0.717, 1.165) is 0 Å². The summed E-state index contributed by atoms with van der Waals surface area (Å²) in [5.74, 6) is -0.591. The molecule has 0 spiro atoms. The molecule has 1 aromatic carbocycles. The summed E-state index contributed by atoms with van der Waals surface area (Å²) in [7, 11) is 4.33. The number of hydrogen-bond donors (Lipinski definition) is 1. The number of rotatable bonds is 9. The summed E-state index contributed by atoms with van der Waals surface area (Å²) in [4.78, 5) is 42.9. The Kier molecular flexibility index (Phi) is 7.77. The molecule has 0 bridgehead atoms. The number of aryl methyl sites for hydroxylation is 1. The number of Topliss-reactive ketones (excluding diaryl/α,β-unsaturated/α-hetero) is 1. The number of nitrogens with one attached hydrogen (secondary N) is 1. The van der Waals surface area contributed by atoms with Crippen LogP contribution in [0.3, 0.4) is 0 Å². The molecule has 0 saturated heterocycles. The van der Waals surface area contributed by atoms with Gasteiger partial charge < -0.3 is 24.1 Å². The Morgan fingerprint density at radius 3 is 2.43 bits per heavy atom. The number of ether oxygens (including phenoxy) is 3. The van der Waals surface area contributed by atoms with E-state index in [2.05, 4.69) is 4.98 Å². The van der Waals surface area contributed by atoms with Gasteiger partial charge in [-0.25, -0.2) is 4.79 Å². The van der Waals surface area contributed by atoms with E-state index in [1.807, 2.05) is 0 Å². The number of amides is 1. The predicted octanol–water partition coefficient (Wildman–Crippen LogP) is 2.79. The lowest BCUT2D eigenvalue weighted by Gasteiger charge is -2.28. The first-order chi connectivity index (χ1) is 14.3. The van der Waals surface area contributed by atoms with Gasteiger partial charge in [-0.2, -0.15) is 0 Å². The number of H-pyrrole nitrogens is 1. The van der Waals surface area contributed by atoms with Crippen molar-refractivity contribution in [2.24, 2.45) is 0 Å². The molecular weight excluding hydrogens is 388 g/mol. The van der Waals surface area contributed by atoms with Crippen molar-refractivity contribution in [2.75, 3.05) is 34.5 Å². The lowest BCUT2D eigenvalue weighted by Crippen LogP contribution is -2.45. The predicted molar refractivity (Wildman–Crippen MR) is 111 cm³/mol. The van der Waals surface area contributed by atoms with E-state index in [1.54, 1.807) is 45.0 Å². The van der Waals surface area contributed by atoms with Gasteiger partial charge in [0.25, 0.3) is 5.91 Å². The molecule has 2 rings (SSSR count). The standard InChI is InChI=1S/C22H28N2O6/c1-13-18(14(2)23-19(13)22(27)30-6)20(25)15(3)24(10-11-28-4)21(26)16-8-7-9-17(12-16)29-5/h7-9,12,15,23H,10-11H2,1-6H3/t15-/m1/s1. The largest absolute Gasteiger partial charge is 0.497 e. The Bertz CT molecular complexity index is 934. The minimum Gasteiger partial charge on any atom is -0.497 e. The third kappa shape index (κ3) is 4.71. The molecule has 0 unspecified atom stereocenters. The Morgan fingerprint density at radius 1 is 1.13 bits per heavy atom. The molecule has 8 nitrogen and oxygen atoms in total. The van der Waals surface area contributed by atoms with E-state index >= 15 is 0 Å². The van der Waals surface area contributed by atoms with E-state index in [1.165, 1.54) is 26.2 Å². The Balaban J connectivity index is 2.40. The summed E-state index contributed by atoms with van der Waals surface area (Å²) < 4.78 is 15.1. The quantitative estimate of drug-likeness (QED) is 0.499. The van der Waals surface area contributed by atoms with Gasteiger partial charge >= 0.3 is 5.97 Å². The van der Waals surface area contributed by atoms with Crippen LogP contribution in [-0.4, -0.2) is 68.1 Å². The van der Waals surface area contributed by atoms with Gasteiger partial charge in [0.2, 0.25) is 0 Å². The third-order valence-corrected chi connectivity index (χ3v) is 5.03. The fourth-order valence-corrected chi connectivity index (χ4v) is 3.36. The molecule has 0 saturated carbocycles. The van der Waals surface area contributed by atoms with Gasteiger partial charge in [0.1, 0.15) is 11.4 Å². The van der Waals surface area contributed by atoms with Crippen LogP contribution in [0.5, 0.6) is 5.75 Å². The van der Waals surface area contributed by atoms with Crippen LogP contribution in [0.2, 0.25) is 0 Å². The van der Waals surface area contributed by atoms with Crippen LogP contribution in [0.25, 0.3) is 0 Å². The molecule has 2 aromatic rings. The molecule has 1 N–H and O–H groups in total. The fraction of sp³-hybridized carbons (Fsp3) is 0.409. The number of nitrogens with zero attached hydrogens (tertiary/aromatic N) is 1. The van der Waals surface area contributed by atoms with Gasteiger partial charge in [-0.15, -0.1) is 0 Å². The van der Waals surface area contributed by atoms with E-state index in [0.29, 0.717) is 28.1 Å². The molecule has 1 amide bonds. The van der Waals surface area contributed by atoms with E-state index < -0.39 is 12.0 Å². The van der Waals surface area contributed by atoms with Gasteiger partial charge in [-0.1, -0.05) is 6.07 Å². The van der Waals surface area contributed by atoms with Crippen molar-refractivity contribution in [1.29, 1.82) is 0 Å². The van der Waals surface area contributed by atoms with Gasteiger partial charge in [0.15, 0.2) is 5.78 Å². The molecule has 162 valence electrons. The van der Waals surface area contributed by atoms with E-state index in [4.69, 9.17) is 14.2 Å². The summed E-state index contributed by atoms with van der Waals surface area (Å²) in [5, 5.41) is 0.